The van der Waals surface area contributed by atoms with E-state index in [1.807, 2.05) is 33.8 Å². The smallest absolute Gasteiger partial charge is 0.181 e. The maximum atomic E-state index is 13.1. The number of hydrogen-bond donors (Lipinski definition) is 0. The van der Waals surface area contributed by atoms with Crippen LogP contribution >= 0.6 is 0 Å². The van der Waals surface area contributed by atoms with Crippen LogP contribution in [0, 0.1) is 39.5 Å². The molecule has 1 saturated carbocycles. The van der Waals surface area contributed by atoms with Crippen LogP contribution in [0.3, 0.4) is 0 Å². The van der Waals surface area contributed by atoms with Crippen LogP contribution < -0.4 is 0 Å². The van der Waals surface area contributed by atoms with E-state index in [4.69, 9.17) is 4.52 Å². The summed E-state index contributed by atoms with van der Waals surface area (Å²) in [5.74, 6) is -1.75. The van der Waals surface area contributed by atoms with Crippen LogP contribution in [0.5, 0.6) is 0 Å². The molecule has 0 N–H and O–H groups in total. The van der Waals surface area contributed by atoms with Crippen LogP contribution in [0.15, 0.2) is 16.7 Å². The molecule has 3 rings (SSSR count). The molecule has 1 heterocycles. The van der Waals surface area contributed by atoms with E-state index in [-0.39, 0.29) is 23.9 Å². The number of carbonyl (C=O) groups is 3. The zero-order chi connectivity index (χ0) is 19.2. The van der Waals surface area contributed by atoms with Gasteiger partial charge >= 0.3 is 0 Å². The van der Waals surface area contributed by atoms with Gasteiger partial charge in [-0.1, -0.05) is 24.2 Å². The average Bonchev–Trinajstić information content (AvgIpc) is 2.91. The van der Waals surface area contributed by atoms with Gasteiger partial charge in [0, 0.05) is 29.0 Å². The summed E-state index contributed by atoms with van der Waals surface area (Å²) in [6.07, 6.45) is 0.803. The van der Waals surface area contributed by atoms with Crippen LogP contribution in [0.1, 0.15) is 52.5 Å². The number of nitrogens with zero attached hydrogens (tertiary/aromatic N) is 1. The van der Waals surface area contributed by atoms with Crippen molar-refractivity contribution in [3.63, 3.8) is 0 Å². The van der Waals surface area contributed by atoms with Crippen LogP contribution in [-0.4, -0.2) is 22.5 Å². The van der Waals surface area contributed by atoms with Gasteiger partial charge in [-0.2, -0.15) is 0 Å². The quantitative estimate of drug-likeness (QED) is 0.617. The van der Waals surface area contributed by atoms with Crippen LogP contribution in [0.2, 0.25) is 0 Å². The van der Waals surface area contributed by atoms with Gasteiger partial charge in [-0.3, -0.25) is 14.4 Å². The second-order valence-electron chi connectivity index (χ2n) is 7.26. The van der Waals surface area contributed by atoms with Gasteiger partial charge in [0.15, 0.2) is 23.1 Å². The lowest BCUT2D eigenvalue weighted by Gasteiger charge is -2.24. The Morgan fingerprint density at radius 3 is 2.42 bits per heavy atom. The fourth-order valence-corrected chi connectivity index (χ4v) is 3.63. The van der Waals surface area contributed by atoms with E-state index < -0.39 is 11.7 Å². The highest BCUT2D eigenvalue weighted by molar-refractivity contribution is 6.26. The predicted octanol–water partition coefficient (Wildman–Crippen LogP) is 3.94. The Labute approximate surface area is 152 Å². The van der Waals surface area contributed by atoms with E-state index in [9.17, 15) is 14.4 Å². The van der Waals surface area contributed by atoms with Crippen molar-refractivity contribution in [1.29, 1.82) is 0 Å². The SMILES string of the molecule is Cc1ccc(C(=O)C2C(=O)CCC(C)C2=O)c(C)c1-c1onc(C)c1C. The molecular formula is C21H23NO4. The van der Waals surface area contributed by atoms with E-state index in [0.717, 1.165) is 22.4 Å². The van der Waals surface area contributed by atoms with Gasteiger partial charge in [-0.05, 0) is 45.2 Å². The molecule has 2 unspecified atom stereocenters. The monoisotopic (exact) mass is 353 g/mol. The minimum Gasteiger partial charge on any atom is -0.356 e. The second kappa shape index (κ2) is 6.63. The molecule has 26 heavy (non-hydrogen) atoms. The Hall–Kier alpha value is -2.56. The van der Waals surface area contributed by atoms with E-state index in [2.05, 4.69) is 5.16 Å². The Kier molecular flexibility index (Phi) is 4.65. The molecule has 2 atom stereocenters. The summed E-state index contributed by atoms with van der Waals surface area (Å²) in [5, 5.41) is 4.01. The van der Waals surface area contributed by atoms with Crippen molar-refractivity contribution >= 4 is 17.3 Å². The molecule has 136 valence electrons. The summed E-state index contributed by atoms with van der Waals surface area (Å²) >= 11 is 0. The molecule has 5 heteroatoms. The summed E-state index contributed by atoms with van der Waals surface area (Å²) in [6, 6.07) is 3.53. The first-order chi connectivity index (χ1) is 12.2. The number of rotatable bonds is 3. The molecule has 2 aromatic rings. The maximum Gasteiger partial charge on any atom is 0.181 e. The minimum absolute atomic E-state index is 0.258. The van der Waals surface area contributed by atoms with Crippen molar-refractivity contribution in [2.24, 2.45) is 11.8 Å². The molecule has 1 aliphatic carbocycles. The van der Waals surface area contributed by atoms with Gasteiger partial charge in [0.25, 0.3) is 0 Å². The van der Waals surface area contributed by atoms with Gasteiger partial charge in [0.05, 0.1) is 5.69 Å². The van der Waals surface area contributed by atoms with Crippen LogP contribution in [0.4, 0.5) is 0 Å². The van der Waals surface area contributed by atoms with Gasteiger partial charge in [0.2, 0.25) is 0 Å². The third-order valence-corrected chi connectivity index (χ3v) is 5.50. The molecule has 0 spiro atoms. The lowest BCUT2D eigenvalue weighted by molar-refractivity contribution is -0.136. The molecular weight excluding hydrogens is 330 g/mol. The van der Waals surface area contributed by atoms with E-state index in [1.54, 1.807) is 13.0 Å². The lowest BCUT2D eigenvalue weighted by Crippen LogP contribution is -2.39. The molecule has 0 bridgehead atoms. The summed E-state index contributed by atoms with van der Waals surface area (Å²) in [5.41, 5.74) is 4.58. The average molecular weight is 353 g/mol. The highest BCUT2D eigenvalue weighted by Gasteiger charge is 2.40. The van der Waals surface area contributed by atoms with Crippen LogP contribution in [0.25, 0.3) is 11.3 Å². The molecule has 1 fully saturated rings. The Morgan fingerprint density at radius 1 is 1.12 bits per heavy atom. The fourth-order valence-electron chi connectivity index (χ4n) is 3.63. The number of benzene rings is 1. The summed E-state index contributed by atoms with van der Waals surface area (Å²) < 4.78 is 5.49. The summed E-state index contributed by atoms with van der Waals surface area (Å²) in [4.78, 5) is 37.8. The molecule has 1 aromatic heterocycles. The molecule has 1 aliphatic rings. The van der Waals surface area contributed by atoms with Gasteiger partial charge in [-0.25, -0.2) is 0 Å². The first-order valence-electron chi connectivity index (χ1n) is 8.88. The first-order valence-corrected chi connectivity index (χ1v) is 8.88. The first kappa shape index (κ1) is 18.2. The third-order valence-electron chi connectivity index (χ3n) is 5.50. The van der Waals surface area contributed by atoms with Gasteiger partial charge < -0.3 is 4.52 Å². The zero-order valence-electron chi connectivity index (χ0n) is 15.8. The van der Waals surface area contributed by atoms with Crippen LogP contribution in [-0.2, 0) is 9.59 Å². The number of Topliss-reactive ketones (excluding diaryl/α,β-unsaturated/α-hetero) is 3. The number of carbonyl (C=O) groups excluding carboxylic acids is 3. The molecule has 0 amide bonds. The van der Waals surface area contributed by atoms with Crippen molar-refractivity contribution in [3.05, 3.63) is 40.1 Å². The normalized spacial score (nSPS) is 20.5. The minimum atomic E-state index is -1.18. The Balaban J connectivity index is 2.11. The molecule has 0 saturated heterocycles. The number of hydrogen-bond acceptors (Lipinski definition) is 5. The Morgan fingerprint density at radius 2 is 1.81 bits per heavy atom. The third kappa shape index (κ3) is 2.81. The van der Waals surface area contributed by atoms with Crippen molar-refractivity contribution in [1.82, 2.24) is 5.16 Å². The molecule has 5 nitrogen and oxygen atoms in total. The Bertz CT molecular complexity index is 922. The van der Waals surface area contributed by atoms with Crippen molar-refractivity contribution < 1.29 is 18.9 Å². The summed E-state index contributed by atoms with van der Waals surface area (Å²) in [7, 11) is 0. The summed E-state index contributed by atoms with van der Waals surface area (Å²) in [6.45, 7) is 9.33. The van der Waals surface area contributed by atoms with Crippen molar-refractivity contribution in [2.75, 3.05) is 0 Å². The van der Waals surface area contributed by atoms with E-state index in [0.29, 0.717) is 23.3 Å². The number of aryl methyl sites for hydroxylation is 2. The second-order valence-corrected chi connectivity index (χ2v) is 7.26. The topological polar surface area (TPSA) is 77.2 Å². The lowest BCUT2D eigenvalue weighted by atomic mass is 9.75. The number of ketones is 3. The van der Waals surface area contributed by atoms with Crippen molar-refractivity contribution in [3.8, 4) is 11.3 Å². The fraction of sp³-hybridized carbons (Fsp3) is 0.429. The van der Waals surface area contributed by atoms with Gasteiger partial charge in [0.1, 0.15) is 5.92 Å². The molecule has 0 aliphatic heterocycles. The molecule has 0 radical (unpaired) electrons. The predicted molar refractivity (Wildman–Crippen MR) is 97.1 cm³/mol. The molecule has 1 aromatic carbocycles. The maximum absolute atomic E-state index is 13.1. The van der Waals surface area contributed by atoms with E-state index in [1.165, 1.54) is 0 Å². The standard InChI is InChI=1S/C21H23NO4/c1-10-6-8-15(13(4)17(10)21-12(3)14(5)22-26-21)20(25)18-16(23)9-7-11(2)19(18)24/h6,8,11,18H,7,9H2,1-5H3. The van der Waals surface area contributed by atoms with Crippen molar-refractivity contribution in [2.45, 2.75) is 47.5 Å². The van der Waals surface area contributed by atoms with Gasteiger partial charge in [-0.15, -0.1) is 0 Å². The largest absolute Gasteiger partial charge is 0.356 e. The highest BCUT2D eigenvalue weighted by Crippen LogP contribution is 2.35. The number of aromatic nitrogens is 1. The van der Waals surface area contributed by atoms with E-state index >= 15 is 0 Å². The zero-order valence-corrected chi connectivity index (χ0v) is 15.8. The highest BCUT2D eigenvalue weighted by atomic mass is 16.5.